The lowest BCUT2D eigenvalue weighted by Crippen LogP contribution is -2.17. The highest BCUT2D eigenvalue weighted by molar-refractivity contribution is 5.94. The molecule has 0 aliphatic carbocycles. The van der Waals surface area contributed by atoms with E-state index in [0.717, 1.165) is 23.5 Å². The number of nitrogens with zero attached hydrogens (tertiary/aromatic N) is 3. The number of nitrogens with one attached hydrogen (secondary N) is 1. The molecule has 2 rings (SSSR count). The minimum absolute atomic E-state index is 0.204. The predicted molar refractivity (Wildman–Crippen MR) is 94.4 cm³/mol. The summed E-state index contributed by atoms with van der Waals surface area (Å²) in [7, 11) is 1.31. The van der Waals surface area contributed by atoms with Crippen LogP contribution in [-0.4, -0.2) is 33.8 Å². The van der Waals surface area contributed by atoms with E-state index in [4.69, 9.17) is 0 Å². The van der Waals surface area contributed by atoms with Gasteiger partial charge in [0.1, 0.15) is 5.82 Å². The van der Waals surface area contributed by atoms with Gasteiger partial charge in [-0.25, -0.2) is 9.78 Å². The molecule has 0 radical (unpaired) electrons. The average Bonchev–Trinajstić information content (AvgIpc) is 2.81. The molecule has 2 aromatic rings. The second-order valence-electron chi connectivity index (χ2n) is 6.37. The number of methoxy groups -OCH3 is 1. The van der Waals surface area contributed by atoms with Gasteiger partial charge in [-0.05, 0) is 31.9 Å². The summed E-state index contributed by atoms with van der Waals surface area (Å²) in [6, 6.07) is 3.03. The molecule has 0 spiro atoms. The van der Waals surface area contributed by atoms with Gasteiger partial charge in [0, 0.05) is 24.0 Å². The molecular formula is C18H24N4O3. The Morgan fingerprint density at radius 3 is 2.68 bits per heavy atom. The van der Waals surface area contributed by atoms with Crippen LogP contribution in [0.3, 0.4) is 0 Å². The van der Waals surface area contributed by atoms with Crippen LogP contribution < -0.4 is 5.32 Å². The summed E-state index contributed by atoms with van der Waals surface area (Å²) in [5, 5.41) is 7.24. The zero-order valence-corrected chi connectivity index (χ0v) is 15.3. The molecule has 25 heavy (non-hydrogen) atoms. The average molecular weight is 344 g/mol. The minimum atomic E-state index is -0.473. The highest BCUT2D eigenvalue weighted by Gasteiger charge is 2.16. The van der Waals surface area contributed by atoms with Gasteiger partial charge in [0.25, 0.3) is 0 Å². The Kier molecular flexibility index (Phi) is 5.90. The summed E-state index contributed by atoms with van der Waals surface area (Å²) in [4.78, 5) is 28.0. The van der Waals surface area contributed by atoms with Gasteiger partial charge in [-0.2, -0.15) is 5.10 Å². The van der Waals surface area contributed by atoms with E-state index in [9.17, 15) is 9.59 Å². The third kappa shape index (κ3) is 4.65. The van der Waals surface area contributed by atoms with Crippen LogP contribution in [0.2, 0.25) is 0 Å². The van der Waals surface area contributed by atoms with Crippen molar-refractivity contribution in [3.05, 3.63) is 40.8 Å². The van der Waals surface area contributed by atoms with E-state index < -0.39 is 5.97 Å². The van der Waals surface area contributed by atoms with Crippen molar-refractivity contribution in [2.24, 2.45) is 5.92 Å². The first-order chi connectivity index (χ1) is 11.8. The maximum Gasteiger partial charge on any atom is 0.338 e. The molecular weight excluding hydrogens is 320 g/mol. The molecule has 1 amide bonds. The highest BCUT2D eigenvalue weighted by Crippen LogP contribution is 2.16. The Labute approximate surface area is 147 Å². The molecule has 2 aromatic heterocycles. The first kappa shape index (κ1) is 18.6. The van der Waals surface area contributed by atoms with E-state index >= 15 is 0 Å². The summed E-state index contributed by atoms with van der Waals surface area (Å²) in [6.07, 6.45) is 1.67. The van der Waals surface area contributed by atoms with Crippen LogP contribution in [-0.2, 0) is 22.5 Å². The van der Waals surface area contributed by atoms with Gasteiger partial charge in [-0.1, -0.05) is 13.8 Å². The van der Waals surface area contributed by atoms with Gasteiger partial charge < -0.3 is 10.1 Å². The maximum absolute atomic E-state index is 12.4. The fourth-order valence-electron chi connectivity index (χ4n) is 2.60. The van der Waals surface area contributed by atoms with E-state index in [0.29, 0.717) is 17.3 Å². The lowest BCUT2D eigenvalue weighted by atomic mass is 10.1. The lowest BCUT2D eigenvalue weighted by Gasteiger charge is -2.08. The Morgan fingerprint density at radius 2 is 2.04 bits per heavy atom. The van der Waals surface area contributed by atoms with Crippen LogP contribution >= 0.6 is 0 Å². The molecule has 0 saturated carbocycles. The van der Waals surface area contributed by atoms with Crippen molar-refractivity contribution >= 4 is 17.7 Å². The Balaban J connectivity index is 2.11. The normalized spacial score (nSPS) is 10.8. The van der Waals surface area contributed by atoms with E-state index in [2.05, 4.69) is 34.0 Å². The largest absolute Gasteiger partial charge is 0.465 e. The van der Waals surface area contributed by atoms with Crippen LogP contribution in [0.15, 0.2) is 18.3 Å². The number of hydrogen-bond donors (Lipinski definition) is 1. The lowest BCUT2D eigenvalue weighted by molar-refractivity contribution is -0.115. The topological polar surface area (TPSA) is 86.1 Å². The monoisotopic (exact) mass is 344 g/mol. The second kappa shape index (κ2) is 7.92. The summed E-state index contributed by atoms with van der Waals surface area (Å²) in [6.45, 7) is 8.95. The SMILES string of the molecule is COC(=O)c1ccnc(NC(=O)Cc2c(C)nn(CC(C)C)c2C)c1. The number of ether oxygens (including phenoxy) is 1. The van der Waals surface area contributed by atoms with E-state index in [1.807, 2.05) is 18.5 Å². The van der Waals surface area contributed by atoms with Crippen molar-refractivity contribution in [2.45, 2.75) is 40.7 Å². The van der Waals surface area contributed by atoms with Crippen molar-refractivity contribution in [3.63, 3.8) is 0 Å². The van der Waals surface area contributed by atoms with E-state index in [1.165, 1.54) is 25.4 Å². The highest BCUT2D eigenvalue weighted by atomic mass is 16.5. The van der Waals surface area contributed by atoms with Crippen molar-refractivity contribution in [1.29, 1.82) is 0 Å². The standard InChI is InChI=1S/C18H24N4O3/c1-11(2)10-22-13(4)15(12(3)21-22)9-17(23)20-16-8-14(6-7-19-16)18(24)25-5/h6-8,11H,9-10H2,1-5H3,(H,19,20,23). The summed E-state index contributed by atoms with van der Waals surface area (Å²) in [5.74, 6) is 0.118. The molecule has 0 aliphatic heterocycles. The number of amides is 1. The Hall–Kier alpha value is -2.70. The number of anilines is 1. The van der Waals surface area contributed by atoms with Gasteiger partial charge >= 0.3 is 5.97 Å². The first-order valence-corrected chi connectivity index (χ1v) is 8.19. The maximum atomic E-state index is 12.4. The second-order valence-corrected chi connectivity index (χ2v) is 6.37. The third-order valence-corrected chi connectivity index (χ3v) is 3.86. The molecule has 7 nitrogen and oxygen atoms in total. The quantitative estimate of drug-likeness (QED) is 0.814. The van der Waals surface area contributed by atoms with Gasteiger partial charge in [0.2, 0.25) is 5.91 Å². The van der Waals surface area contributed by atoms with Crippen LogP contribution in [0.5, 0.6) is 0 Å². The number of carbonyl (C=O) groups excluding carboxylic acids is 2. The van der Waals surface area contributed by atoms with Crippen LogP contribution in [0, 0.1) is 19.8 Å². The van der Waals surface area contributed by atoms with Crippen molar-refractivity contribution in [2.75, 3.05) is 12.4 Å². The summed E-state index contributed by atoms with van der Waals surface area (Å²) < 4.78 is 6.61. The fraction of sp³-hybridized carbons (Fsp3) is 0.444. The molecule has 0 bridgehead atoms. The van der Waals surface area contributed by atoms with Gasteiger partial charge in [-0.3, -0.25) is 9.48 Å². The molecule has 0 aromatic carbocycles. The van der Waals surface area contributed by atoms with E-state index in [-0.39, 0.29) is 12.3 Å². The molecule has 0 unspecified atom stereocenters. The van der Waals surface area contributed by atoms with E-state index in [1.54, 1.807) is 0 Å². The molecule has 0 atom stereocenters. The zero-order chi connectivity index (χ0) is 18.6. The number of pyridine rings is 1. The summed E-state index contributed by atoms with van der Waals surface area (Å²) >= 11 is 0. The first-order valence-electron chi connectivity index (χ1n) is 8.19. The molecule has 0 aliphatic rings. The molecule has 0 fully saturated rings. The number of rotatable bonds is 6. The van der Waals surface area contributed by atoms with Gasteiger partial charge in [0.15, 0.2) is 0 Å². The Morgan fingerprint density at radius 1 is 1.32 bits per heavy atom. The molecule has 0 saturated heterocycles. The number of aryl methyl sites for hydroxylation is 1. The van der Waals surface area contributed by atoms with Crippen LogP contribution in [0.25, 0.3) is 0 Å². The molecule has 134 valence electrons. The minimum Gasteiger partial charge on any atom is -0.465 e. The number of aromatic nitrogens is 3. The Bertz CT molecular complexity index is 781. The van der Waals surface area contributed by atoms with Gasteiger partial charge in [0.05, 0.1) is 24.8 Å². The molecule has 2 heterocycles. The fourth-order valence-corrected chi connectivity index (χ4v) is 2.60. The molecule has 7 heteroatoms. The van der Waals surface area contributed by atoms with Crippen LogP contribution in [0.1, 0.15) is 41.2 Å². The van der Waals surface area contributed by atoms with Crippen molar-refractivity contribution < 1.29 is 14.3 Å². The zero-order valence-electron chi connectivity index (χ0n) is 15.3. The van der Waals surface area contributed by atoms with Gasteiger partial charge in [-0.15, -0.1) is 0 Å². The predicted octanol–water partition coefficient (Wildman–Crippen LogP) is 2.52. The number of hydrogen-bond acceptors (Lipinski definition) is 5. The number of carbonyl (C=O) groups is 2. The van der Waals surface area contributed by atoms with Crippen molar-refractivity contribution in [1.82, 2.24) is 14.8 Å². The van der Waals surface area contributed by atoms with Crippen molar-refractivity contribution in [3.8, 4) is 0 Å². The van der Waals surface area contributed by atoms with Crippen LogP contribution in [0.4, 0.5) is 5.82 Å². The summed E-state index contributed by atoms with van der Waals surface area (Å²) in [5.41, 5.74) is 3.11. The molecule has 1 N–H and O–H groups in total. The number of esters is 1. The smallest absolute Gasteiger partial charge is 0.338 e. The third-order valence-electron chi connectivity index (χ3n) is 3.86.